The fourth-order valence-corrected chi connectivity index (χ4v) is 4.03. The Morgan fingerprint density at radius 1 is 1.17 bits per heavy atom. The van der Waals surface area contributed by atoms with Crippen LogP contribution in [0.5, 0.6) is 0 Å². The molecule has 0 aromatic carbocycles. The van der Waals surface area contributed by atoms with Gasteiger partial charge in [0.1, 0.15) is 0 Å². The molecule has 5 heteroatoms. The van der Waals surface area contributed by atoms with Crippen LogP contribution in [0.2, 0.25) is 0 Å². The Hall–Kier alpha value is -0.910. The molecule has 23 heavy (non-hydrogen) atoms. The smallest absolute Gasteiger partial charge is 0.0949 e. The van der Waals surface area contributed by atoms with Gasteiger partial charge in [0.15, 0.2) is 0 Å². The van der Waals surface area contributed by atoms with E-state index in [-0.39, 0.29) is 0 Å². The summed E-state index contributed by atoms with van der Waals surface area (Å²) in [6.45, 7) is 6.93. The lowest BCUT2D eigenvalue weighted by atomic mass is 9.95. The zero-order valence-electron chi connectivity index (χ0n) is 14.2. The highest BCUT2D eigenvalue weighted by molar-refractivity contribution is 5.21. The highest BCUT2D eigenvalue weighted by Crippen LogP contribution is 2.32. The predicted octanol–water partition coefficient (Wildman–Crippen LogP) is 2.17. The maximum Gasteiger partial charge on any atom is 0.0949 e. The van der Waals surface area contributed by atoms with Crippen LogP contribution in [-0.2, 0) is 23.1 Å². The van der Waals surface area contributed by atoms with Gasteiger partial charge in [0.05, 0.1) is 18.6 Å². The predicted molar refractivity (Wildman–Crippen MR) is 88.3 cm³/mol. The fourth-order valence-electron chi connectivity index (χ4n) is 4.03. The summed E-state index contributed by atoms with van der Waals surface area (Å²) >= 11 is 0. The Bertz CT molecular complexity index is 520. The first-order valence-electron chi connectivity index (χ1n) is 9.17. The van der Waals surface area contributed by atoms with Crippen LogP contribution in [-0.4, -0.2) is 54.0 Å². The number of hydrogen-bond donors (Lipinski definition) is 0. The van der Waals surface area contributed by atoms with Gasteiger partial charge < -0.3 is 14.0 Å². The van der Waals surface area contributed by atoms with E-state index in [4.69, 9.17) is 9.47 Å². The molecule has 1 atom stereocenters. The molecule has 0 amide bonds. The summed E-state index contributed by atoms with van der Waals surface area (Å²) in [5.74, 6) is 2.08. The first-order chi connectivity index (χ1) is 11.3. The third kappa shape index (κ3) is 3.78. The molecule has 1 aliphatic carbocycles. The molecule has 128 valence electrons. The van der Waals surface area contributed by atoms with Gasteiger partial charge in [-0.15, -0.1) is 0 Å². The molecule has 1 saturated carbocycles. The number of rotatable bonds is 6. The van der Waals surface area contributed by atoms with Crippen molar-refractivity contribution < 1.29 is 9.47 Å². The Labute approximate surface area is 139 Å². The lowest BCUT2D eigenvalue weighted by Crippen LogP contribution is -2.40. The largest absolute Gasteiger partial charge is 0.381 e. The maximum absolute atomic E-state index is 6.03. The summed E-state index contributed by atoms with van der Waals surface area (Å²) in [6.07, 6.45) is 7.09. The Morgan fingerprint density at radius 3 is 2.78 bits per heavy atom. The minimum Gasteiger partial charge on any atom is -0.381 e. The summed E-state index contributed by atoms with van der Waals surface area (Å²) in [7, 11) is 2.12. The first kappa shape index (κ1) is 15.6. The van der Waals surface area contributed by atoms with Crippen LogP contribution in [0.4, 0.5) is 0 Å². The van der Waals surface area contributed by atoms with Crippen molar-refractivity contribution >= 4 is 0 Å². The lowest BCUT2D eigenvalue weighted by Gasteiger charge is -2.35. The molecule has 0 spiro atoms. The van der Waals surface area contributed by atoms with Crippen molar-refractivity contribution in [3.8, 4) is 0 Å². The van der Waals surface area contributed by atoms with Gasteiger partial charge in [0.25, 0.3) is 0 Å². The average molecular weight is 319 g/mol. The van der Waals surface area contributed by atoms with Crippen molar-refractivity contribution in [1.82, 2.24) is 14.5 Å². The molecule has 0 radical (unpaired) electrons. The molecule has 3 heterocycles. The van der Waals surface area contributed by atoms with Crippen molar-refractivity contribution in [2.24, 2.45) is 18.9 Å². The summed E-state index contributed by atoms with van der Waals surface area (Å²) in [5, 5.41) is 0. The Kier molecular flexibility index (Phi) is 4.69. The second-order valence-electron chi connectivity index (χ2n) is 7.61. The molecule has 0 N–H and O–H groups in total. The monoisotopic (exact) mass is 319 g/mol. The van der Waals surface area contributed by atoms with Gasteiger partial charge in [-0.2, -0.15) is 0 Å². The second-order valence-corrected chi connectivity index (χ2v) is 7.61. The van der Waals surface area contributed by atoms with Crippen LogP contribution in [0.1, 0.15) is 43.0 Å². The Morgan fingerprint density at radius 2 is 2.00 bits per heavy atom. The standard InChI is InChI=1S/C18H29N3O2/c1-20-13-19-17-10-21(8-14-4-6-22-7-5-14)9-16(18(17)20)12-23-11-15-2-3-15/h13-16H,2-12H2,1H3/t16-/m1/s1. The molecule has 0 bridgehead atoms. The minimum absolute atomic E-state index is 0.463. The first-order valence-corrected chi connectivity index (χ1v) is 9.17. The third-order valence-corrected chi connectivity index (χ3v) is 5.53. The molecule has 5 nitrogen and oxygen atoms in total. The van der Waals surface area contributed by atoms with Gasteiger partial charge in [-0.05, 0) is 37.5 Å². The number of nitrogens with zero attached hydrogens (tertiary/aromatic N) is 3. The maximum atomic E-state index is 6.03. The number of ether oxygens (including phenoxy) is 2. The topological polar surface area (TPSA) is 39.5 Å². The summed E-state index contributed by atoms with van der Waals surface area (Å²) in [4.78, 5) is 7.24. The van der Waals surface area contributed by atoms with Crippen LogP contribution in [0.15, 0.2) is 6.33 Å². The molecule has 3 aliphatic rings. The van der Waals surface area contributed by atoms with Crippen molar-refractivity contribution in [2.75, 3.05) is 39.5 Å². The second kappa shape index (κ2) is 6.91. The molecule has 0 unspecified atom stereocenters. The lowest BCUT2D eigenvalue weighted by molar-refractivity contribution is 0.0424. The molecule has 1 aromatic heterocycles. The van der Waals surface area contributed by atoms with Crippen molar-refractivity contribution in [3.05, 3.63) is 17.7 Å². The van der Waals surface area contributed by atoms with E-state index in [0.29, 0.717) is 5.92 Å². The summed E-state index contributed by atoms with van der Waals surface area (Å²) in [6, 6.07) is 0. The SMILES string of the molecule is Cn1cnc2c1[C@@H](COCC1CC1)CN(CC1CCOCC1)C2. The highest BCUT2D eigenvalue weighted by Gasteiger charge is 2.31. The van der Waals surface area contributed by atoms with Crippen LogP contribution < -0.4 is 0 Å². The van der Waals surface area contributed by atoms with E-state index < -0.39 is 0 Å². The van der Waals surface area contributed by atoms with Gasteiger partial charge >= 0.3 is 0 Å². The molecule has 2 fully saturated rings. The third-order valence-electron chi connectivity index (χ3n) is 5.53. The zero-order chi connectivity index (χ0) is 15.6. The van der Waals surface area contributed by atoms with E-state index >= 15 is 0 Å². The van der Waals surface area contributed by atoms with Crippen molar-refractivity contribution in [1.29, 1.82) is 0 Å². The number of fused-ring (bicyclic) bond motifs is 1. The molecule has 2 aliphatic heterocycles. The van der Waals surface area contributed by atoms with Gasteiger partial charge in [0, 0.05) is 58.1 Å². The van der Waals surface area contributed by atoms with Gasteiger partial charge in [-0.25, -0.2) is 4.98 Å². The van der Waals surface area contributed by atoms with E-state index in [1.807, 2.05) is 6.33 Å². The van der Waals surface area contributed by atoms with E-state index in [1.165, 1.54) is 43.6 Å². The number of aromatic nitrogens is 2. The van der Waals surface area contributed by atoms with Crippen molar-refractivity contribution in [2.45, 2.75) is 38.1 Å². The van der Waals surface area contributed by atoms with Crippen LogP contribution >= 0.6 is 0 Å². The Balaban J connectivity index is 1.39. The van der Waals surface area contributed by atoms with E-state index in [9.17, 15) is 0 Å². The quantitative estimate of drug-likeness (QED) is 0.806. The molecule has 1 saturated heterocycles. The normalized spacial score (nSPS) is 26.4. The average Bonchev–Trinajstić information content (AvgIpc) is 3.31. The molecular formula is C18H29N3O2. The van der Waals surface area contributed by atoms with Crippen molar-refractivity contribution in [3.63, 3.8) is 0 Å². The van der Waals surface area contributed by atoms with E-state index in [0.717, 1.165) is 51.4 Å². The fraction of sp³-hybridized carbons (Fsp3) is 0.833. The number of hydrogen-bond acceptors (Lipinski definition) is 4. The summed E-state index contributed by atoms with van der Waals surface area (Å²) < 4.78 is 13.7. The van der Waals surface area contributed by atoms with E-state index in [1.54, 1.807) is 0 Å². The minimum atomic E-state index is 0.463. The number of imidazole rings is 1. The van der Waals surface area contributed by atoms with Crippen LogP contribution in [0.3, 0.4) is 0 Å². The highest BCUT2D eigenvalue weighted by atomic mass is 16.5. The molecular weight excluding hydrogens is 290 g/mol. The van der Waals surface area contributed by atoms with Gasteiger partial charge in [0.2, 0.25) is 0 Å². The number of aryl methyl sites for hydroxylation is 1. The van der Waals surface area contributed by atoms with E-state index in [2.05, 4.69) is 21.5 Å². The summed E-state index contributed by atoms with van der Waals surface area (Å²) in [5.41, 5.74) is 2.65. The van der Waals surface area contributed by atoms with Crippen LogP contribution in [0.25, 0.3) is 0 Å². The van der Waals surface area contributed by atoms with Crippen LogP contribution in [0, 0.1) is 11.8 Å². The molecule has 4 rings (SSSR count). The molecule has 1 aromatic rings. The van der Waals surface area contributed by atoms with Gasteiger partial charge in [-0.1, -0.05) is 0 Å². The zero-order valence-corrected chi connectivity index (χ0v) is 14.2. The van der Waals surface area contributed by atoms with Gasteiger partial charge in [-0.3, -0.25) is 4.90 Å².